The smallest absolute Gasteiger partial charge is 0.248 e. The van der Waals surface area contributed by atoms with E-state index in [1.54, 1.807) is 13.0 Å². The van der Waals surface area contributed by atoms with Gasteiger partial charge in [-0.2, -0.15) is 0 Å². The SMILES string of the molecule is CO[C@@H]1[C@@H](n2cc(-c3cc(F)c(F)c(F)c3)nn2)[C@@H](O)[C@@H](CO)O[C@H]1SC(c1nccc(Cl)c1C)C1(O)CCC(F)(F)CC1. The topological polar surface area (TPSA) is 123 Å². The second kappa shape index (κ2) is 12.8. The van der Waals surface area contributed by atoms with Crippen LogP contribution in [0.3, 0.4) is 0 Å². The van der Waals surface area contributed by atoms with Crippen molar-refractivity contribution in [2.24, 2.45) is 0 Å². The number of thioether (sulfide) groups is 1. The van der Waals surface area contributed by atoms with Gasteiger partial charge >= 0.3 is 0 Å². The minimum atomic E-state index is -2.94. The Balaban J connectivity index is 1.52. The molecule has 0 spiro atoms. The number of aromatic nitrogens is 4. The third kappa shape index (κ3) is 6.32. The molecule has 3 aromatic rings. The molecular weight excluding hydrogens is 635 g/mol. The molecule has 2 aromatic heterocycles. The number of ether oxygens (including phenoxy) is 2. The third-order valence-electron chi connectivity index (χ3n) is 8.22. The summed E-state index contributed by atoms with van der Waals surface area (Å²) in [6.45, 7) is 1.05. The van der Waals surface area contributed by atoms with Crippen LogP contribution >= 0.6 is 23.4 Å². The van der Waals surface area contributed by atoms with Gasteiger partial charge in [-0.25, -0.2) is 26.6 Å². The Kier molecular flexibility index (Phi) is 9.57. The average Bonchev–Trinajstić information content (AvgIpc) is 3.48. The summed E-state index contributed by atoms with van der Waals surface area (Å²) < 4.78 is 82.7. The first-order valence-electron chi connectivity index (χ1n) is 13.7. The first kappa shape index (κ1) is 33.0. The van der Waals surface area contributed by atoms with Gasteiger partial charge in [0.25, 0.3) is 0 Å². The molecule has 1 saturated heterocycles. The number of alkyl halides is 2. The number of rotatable bonds is 8. The molecule has 1 saturated carbocycles. The normalized spacial score (nSPS) is 27.3. The summed E-state index contributed by atoms with van der Waals surface area (Å²) in [5, 5.41) is 40.5. The van der Waals surface area contributed by atoms with Gasteiger partial charge in [0.2, 0.25) is 5.92 Å². The number of benzene rings is 1. The van der Waals surface area contributed by atoms with Crippen LogP contribution in [0.5, 0.6) is 0 Å². The first-order valence-corrected chi connectivity index (χ1v) is 15.0. The standard InChI is InChI=1S/C28H30ClF5N4O5S/c1-13-15(29)3-8-35-21(13)25(27(41)4-6-28(33,34)7-5-27)44-26-24(42-2)22(23(40)19(12-39)43-26)38-11-18(36-37-38)14-9-16(30)20(32)17(31)10-14/h3,8-11,19,22-26,39-41H,4-7,12H2,1-2H3/t19-,22+,23+,24-,25?,26+/m1/s1. The number of aliphatic hydroxyl groups is 3. The summed E-state index contributed by atoms with van der Waals surface area (Å²) >= 11 is 7.40. The van der Waals surface area contributed by atoms with E-state index in [-0.39, 0.29) is 24.1 Å². The fourth-order valence-electron chi connectivity index (χ4n) is 5.66. The first-order chi connectivity index (χ1) is 20.8. The molecule has 6 atom stereocenters. The zero-order valence-corrected chi connectivity index (χ0v) is 25.1. The fourth-order valence-corrected chi connectivity index (χ4v) is 7.57. The lowest BCUT2D eigenvalue weighted by Crippen LogP contribution is -2.56. The van der Waals surface area contributed by atoms with E-state index in [0.29, 0.717) is 16.3 Å². The van der Waals surface area contributed by atoms with Crippen molar-refractivity contribution in [3.63, 3.8) is 0 Å². The highest BCUT2D eigenvalue weighted by molar-refractivity contribution is 8.00. The van der Waals surface area contributed by atoms with E-state index in [4.69, 9.17) is 21.1 Å². The number of hydrogen-bond acceptors (Lipinski definition) is 9. The quantitative estimate of drug-likeness (QED) is 0.231. The Morgan fingerprint density at radius 1 is 1.18 bits per heavy atom. The maximum absolute atomic E-state index is 14.2. The van der Waals surface area contributed by atoms with Gasteiger partial charge in [-0.1, -0.05) is 16.8 Å². The molecular formula is C28H30ClF5N4O5S. The molecule has 2 fully saturated rings. The lowest BCUT2D eigenvalue weighted by molar-refractivity contribution is -0.186. The molecule has 44 heavy (non-hydrogen) atoms. The van der Waals surface area contributed by atoms with E-state index in [9.17, 15) is 37.3 Å². The number of nitrogens with zero attached hydrogens (tertiary/aromatic N) is 4. The van der Waals surface area contributed by atoms with Crippen LogP contribution in [0.15, 0.2) is 30.6 Å². The summed E-state index contributed by atoms with van der Waals surface area (Å²) in [7, 11) is 1.33. The van der Waals surface area contributed by atoms with Crippen LogP contribution in [-0.2, 0) is 9.47 Å². The molecule has 1 unspecified atom stereocenters. The van der Waals surface area contributed by atoms with Gasteiger partial charge in [0.1, 0.15) is 35.5 Å². The van der Waals surface area contributed by atoms with Crippen molar-refractivity contribution in [2.75, 3.05) is 13.7 Å². The van der Waals surface area contributed by atoms with Crippen molar-refractivity contribution in [3.05, 3.63) is 64.3 Å². The zero-order chi connectivity index (χ0) is 32.0. The Morgan fingerprint density at radius 3 is 2.45 bits per heavy atom. The highest BCUT2D eigenvalue weighted by Crippen LogP contribution is 2.53. The van der Waals surface area contributed by atoms with Crippen molar-refractivity contribution in [2.45, 2.75) is 79.2 Å². The second-order valence-corrected chi connectivity index (χ2v) is 12.6. The molecule has 3 heterocycles. The van der Waals surface area contributed by atoms with Gasteiger partial charge in [0.05, 0.1) is 29.3 Å². The molecule has 0 bridgehead atoms. The lowest BCUT2D eigenvalue weighted by atomic mass is 9.79. The highest BCUT2D eigenvalue weighted by Gasteiger charge is 2.53. The predicted octanol–water partition coefficient (Wildman–Crippen LogP) is 4.77. The fraction of sp³-hybridized carbons (Fsp3) is 0.536. The molecule has 0 radical (unpaired) electrons. The predicted molar refractivity (Wildman–Crippen MR) is 150 cm³/mol. The van der Waals surface area contributed by atoms with Crippen LogP contribution in [0.2, 0.25) is 5.02 Å². The van der Waals surface area contributed by atoms with Crippen molar-refractivity contribution < 1.29 is 46.7 Å². The highest BCUT2D eigenvalue weighted by atomic mass is 35.5. The van der Waals surface area contributed by atoms with Gasteiger partial charge in [-0.3, -0.25) is 4.98 Å². The number of halogens is 6. The van der Waals surface area contributed by atoms with Crippen LogP contribution in [0.4, 0.5) is 22.0 Å². The molecule has 1 aromatic carbocycles. The molecule has 5 rings (SSSR count). The summed E-state index contributed by atoms with van der Waals surface area (Å²) in [6, 6.07) is 1.95. The molecule has 3 N–H and O–H groups in total. The van der Waals surface area contributed by atoms with Gasteiger partial charge in [-0.05, 0) is 43.5 Å². The van der Waals surface area contributed by atoms with Gasteiger partial charge < -0.3 is 24.8 Å². The Morgan fingerprint density at radius 2 is 1.84 bits per heavy atom. The molecule has 1 aliphatic heterocycles. The summed E-state index contributed by atoms with van der Waals surface area (Å²) in [5.41, 5.74) is -2.00. The van der Waals surface area contributed by atoms with Crippen molar-refractivity contribution in [1.29, 1.82) is 0 Å². The van der Waals surface area contributed by atoms with E-state index >= 15 is 0 Å². The van der Waals surface area contributed by atoms with Crippen molar-refractivity contribution in [1.82, 2.24) is 20.0 Å². The van der Waals surface area contributed by atoms with Crippen LogP contribution in [0.1, 0.15) is 48.2 Å². The van der Waals surface area contributed by atoms with Gasteiger partial charge in [0, 0.05) is 36.7 Å². The number of pyridine rings is 1. The number of hydrogen-bond donors (Lipinski definition) is 3. The van der Waals surface area contributed by atoms with Crippen molar-refractivity contribution in [3.8, 4) is 11.3 Å². The van der Waals surface area contributed by atoms with E-state index in [0.717, 1.165) is 23.9 Å². The van der Waals surface area contributed by atoms with Crippen LogP contribution in [-0.4, -0.2) is 84.3 Å². The molecule has 16 heteroatoms. The Labute approximate surface area is 258 Å². The van der Waals surface area contributed by atoms with E-state index < -0.39 is 83.5 Å². The summed E-state index contributed by atoms with van der Waals surface area (Å²) in [5.74, 6) is -7.44. The maximum Gasteiger partial charge on any atom is 0.248 e. The van der Waals surface area contributed by atoms with Gasteiger partial charge in [-0.15, -0.1) is 16.9 Å². The largest absolute Gasteiger partial charge is 0.394 e. The van der Waals surface area contributed by atoms with E-state index in [1.165, 1.54) is 24.2 Å². The van der Waals surface area contributed by atoms with E-state index in [2.05, 4.69) is 15.3 Å². The third-order valence-corrected chi connectivity index (χ3v) is 10.2. The minimum Gasteiger partial charge on any atom is -0.394 e. The maximum atomic E-state index is 14.2. The average molecular weight is 665 g/mol. The number of methoxy groups -OCH3 is 1. The van der Waals surface area contributed by atoms with Crippen LogP contribution < -0.4 is 0 Å². The summed E-state index contributed by atoms with van der Waals surface area (Å²) in [6.07, 6.45) is -2.57. The Hall–Kier alpha value is -2.40. The molecule has 240 valence electrons. The summed E-state index contributed by atoms with van der Waals surface area (Å²) in [4.78, 5) is 4.44. The molecule has 9 nitrogen and oxygen atoms in total. The van der Waals surface area contributed by atoms with Crippen molar-refractivity contribution >= 4 is 23.4 Å². The zero-order valence-electron chi connectivity index (χ0n) is 23.5. The van der Waals surface area contributed by atoms with E-state index in [1.807, 2.05) is 0 Å². The Bertz CT molecular complexity index is 1470. The lowest BCUT2D eigenvalue weighted by Gasteiger charge is -2.47. The molecule has 2 aliphatic rings. The number of aliphatic hydroxyl groups excluding tert-OH is 2. The monoisotopic (exact) mass is 664 g/mol. The molecule has 0 amide bonds. The second-order valence-electron chi connectivity index (χ2n) is 11.0. The van der Waals surface area contributed by atoms with Gasteiger partial charge in [0.15, 0.2) is 17.5 Å². The minimum absolute atomic E-state index is 0.0461. The van der Waals surface area contributed by atoms with Crippen LogP contribution in [0, 0.1) is 24.4 Å². The van der Waals surface area contributed by atoms with Crippen LogP contribution in [0.25, 0.3) is 11.3 Å². The molecule has 1 aliphatic carbocycles.